The molecule has 43 heavy (non-hydrogen) atoms. The summed E-state index contributed by atoms with van der Waals surface area (Å²) in [5.41, 5.74) is 18.2. The average Bonchev–Trinajstić information content (AvgIpc) is 2.95. The standard InChI is InChI=1S/C34H32F3N3O3/c35-25-5-1-21(12-28(25)38)41-31-8-4-24(34-15-18-9-19(16-34)11-20(10-18)17-34)32(42-22-2-6-26(36)29(39)13-22)33(31)43-23-3-7-27(37)30(40)14-23/h1-8,12-14,18-20H,9-11,15-17,38-40H2. The first-order valence-electron chi connectivity index (χ1n) is 14.5. The third-order valence-electron chi connectivity index (χ3n) is 9.26. The number of nitrogens with two attached hydrogens (primary N) is 3. The van der Waals surface area contributed by atoms with E-state index in [1.54, 1.807) is 0 Å². The zero-order chi connectivity index (χ0) is 29.9. The fourth-order valence-electron chi connectivity index (χ4n) is 7.80. The van der Waals surface area contributed by atoms with Crippen molar-refractivity contribution in [3.8, 4) is 34.5 Å². The van der Waals surface area contributed by atoms with Gasteiger partial charge in [-0.15, -0.1) is 0 Å². The molecule has 4 bridgehead atoms. The van der Waals surface area contributed by atoms with Gasteiger partial charge in [0.05, 0.1) is 17.1 Å². The molecule has 222 valence electrons. The summed E-state index contributed by atoms with van der Waals surface area (Å²) in [7, 11) is 0. The molecule has 0 heterocycles. The smallest absolute Gasteiger partial charge is 0.212 e. The summed E-state index contributed by atoms with van der Waals surface area (Å²) >= 11 is 0. The molecular formula is C34H32F3N3O3. The molecule has 6 N–H and O–H groups in total. The highest BCUT2D eigenvalue weighted by molar-refractivity contribution is 5.63. The van der Waals surface area contributed by atoms with Crippen LogP contribution in [-0.2, 0) is 5.41 Å². The number of rotatable bonds is 7. The first kappa shape index (κ1) is 27.3. The number of nitrogen functional groups attached to an aromatic ring is 3. The Morgan fingerprint density at radius 2 is 0.953 bits per heavy atom. The first-order valence-corrected chi connectivity index (χ1v) is 14.5. The van der Waals surface area contributed by atoms with Crippen LogP contribution in [0, 0.1) is 35.2 Å². The predicted octanol–water partition coefficient (Wildman–Crippen LogP) is 8.70. The van der Waals surface area contributed by atoms with E-state index in [2.05, 4.69) is 0 Å². The van der Waals surface area contributed by atoms with Crippen LogP contribution in [0.5, 0.6) is 34.5 Å². The Morgan fingerprint density at radius 3 is 1.40 bits per heavy atom. The molecule has 0 atom stereocenters. The molecule has 4 fully saturated rings. The van der Waals surface area contributed by atoms with Crippen molar-refractivity contribution in [1.82, 2.24) is 0 Å². The third kappa shape index (κ3) is 5.07. The second-order valence-electron chi connectivity index (χ2n) is 12.3. The summed E-state index contributed by atoms with van der Waals surface area (Å²) in [6.45, 7) is 0. The normalized spacial score (nSPS) is 23.7. The number of ether oxygens (including phenoxy) is 3. The Kier molecular flexibility index (Phi) is 6.56. The molecule has 0 amide bonds. The Morgan fingerprint density at radius 1 is 0.535 bits per heavy atom. The Bertz CT molecular complexity index is 1690. The zero-order valence-corrected chi connectivity index (χ0v) is 23.4. The molecule has 4 saturated carbocycles. The van der Waals surface area contributed by atoms with E-state index in [1.165, 1.54) is 73.9 Å². The van der Waals surface area contributed by atoms with Gasteiger partial charge < -0.3 is 31.4 Å². The maximum atomic E-state index is 14.1. The second kappa shape index (κ2) is 10.3. The van der Waals surface area contributed by atoms with Gasteiger partial charge in [-0.3, -0.25) is 0 Å². The van der Waals surface area contributed by atoms with E-state index < -0.39 is 17.5 Å². The molecule has 8 rings (SSSR count). The molecule has 0 unspecified atom stereocenters. The number of hydrogen-bond acceptors (Lipinski definition) is 6. The van der Waals surface area contributed by atoms with E-state index in [9.17, 15) is 13.2 Å². The Labute approximate surface area is 247 Å². The minimum absolute atomic E-state index is 0.0585. The Balaban J connectivity index is 1.41. The SMILES string of the molecule is Nc1cc(Oc2ccc(C34CC5CC(CC(C5)C3)C4)c(Oc3ccc(F)c(N)c3)c2Oc2ccc(F)c(N)c2)ccc1F. The lowest BCUT2D eigenvalue weighted by atomic mass is 9.48. The minimum Gasteiger partial charge on any atom is -0.453 e. The van der Waals surface area contributed by atoms with Crippen LogP contribution in [0.25, 0.3) is 0 Å². The van der Waals surface area contributed by atoms with Gasteiger partial charge in [0, 0.05) is 23.8 Å². The van der Waals surface area contributed by atoms with Crippen molar-refractivity contribution < 1.29 is 27.4 Å². The summed E-state index contributed by atoms with van der Waals surface area (Å²) in [6, 6.07) is 16.1. The van der Waals surface area contributed by atoms with Crippen LogP contribution < -0.4 is 31.4 Å². The second-order valence-corrected chi connectivity index (χ2v) is 12.3. The quantitative estimate of drug-likeness (QED) is 0.187. The maximum Gasteiger partial charge on any atom is 0.212 e. The Hall–Kier alpha value is -4.53. The largest absolute Gasteiger partial charge is 0.453 e. The minimum atomic E-state index is -0.578. The van der Waals surface area contributed by atoms with Crippen molar-refractivity contribution in [3.05, 3.63) is 89.7 Å². The molecule has 0 aromatic heterocycles. The van der Waals surface area contributed by atoms with Crippen molar-refractivity contribution in [2.45, 2.75) is 43.9 Å². The molecule has 4 aliphatic rings. The van der Waals surface area contributed by atoms with Crippen LogP contribution in [0.15, 0.2) is 66.7 Å². The van der Waals surface area contributed by atoms with E-state index in [-0.39, 0.29) is 45.5 Å². The van der Waals surface area contributed by atoms with E-state index in [4.69, 9.17) is 31.4 Å². The summed E-state index contributed by atoms with van der Waals surface area (Å²) in [6.07, 6.45) is 6.82. The fourth-order valence-corrected chi connectivity index (χ4v) is 7.80. The van der Waals surface area contributed by atoms with Gasteiger partial charge in [-0.05, 0) is 104 Å². The third-order valence-corrected chi connectivity index (χ3v) is 9.26. The van der Waals surface area contributed by atoms with E-state index in [0.717, 1.165) is 24.8 Å². The van der Waals surface area contributed by atoms with Crippen LogP contribution in [0.2, 0.25) is 0 Å². The van der Waals surface area contributed by atoms with Gasteiger partial charge in [-0.2, -0.15) is 0 Å². The zero-order valence-electron chi connectivity index (χ0n) is 23.4. The molecule has 4 aliphatic carbocycles. The van der Waals surface area contributed by atoms with Gasteiger partial charge in [0.25, 0.3) is 0 Å². The van der Waals surface area contributed by atoms with Crippen LogP contribution in [-0.4, -0.2) is 0 Å². The van der Waals surface area contributed by atoms with E-state index in [1.807, 2.05) is 12.1 Å². The van der Waals surface area contributed by atoms with Gasteiger partial charge in [0.2, 0.25) is 5.75 Å². The molecule has 0 aliphatic heterocycles. The van der Waals surface area contributed by atoms with E-state index >= 15 is 0 Å². The summed E-state index contributed by atoms with van der Waals surface area (Å²) in [4.78, 5) is 0. The lowest BCUT2D eigenvalue weighted by Crippen LogP contribution is -2.48. The molecule has 9 heteroatoms. The number of halogens is 3. The van der Waals surface area contributed by atoms with Crippen molar-refractivity contribution in [2.75, 3.05) is 17.2 Å². The number of anilines is 3. The topological polar surface area (TPSA) is 106 Å². The van der Waals surface area contributed by atoms with Crippen LogP contribution in [0.1, 0.15) is 44.1 Å². The van der Waals surface area contributed by atoms with Crippen LogP contribution in [0.3, 0.4) is 0 Å². The molecule has 0 spiro atoms. The monoisotopic (exact) mass is 587 g/mol. The molecule has 4 aromatic carbocycles. The predicted molar refractivity (Wildman–Crippen MR) is 159 cm³/mol. The van der Waals surface area contributed by atoms with E-state index in [0.29, 0.717) is 29.3 Å². The lowest BCUT2D eigenvalue weighted by molar-refractivity contribution is -0.00610. The van der Waals surface area contributed by atoms with Crippen molar-refractivity contribution in [1.29, 1.82) is 0 Å². The van der Waals surface area contributed by atoms with Gasteiger partial charge in [0.15, 0.2) is 11.5 Å². The van der Waals surface area contributed by atoms with Gasteiger partial charge in [-0.25, -0.2) is 13.2 Å². The van der Waals surface area contributed by atoms with Crippen molar-refractivity contribution in [2.24, 2.45) is 17.8 Å². The summed E-state index contributed by atoms with van der Waals surface area (Å²) in [5.74, 6) is 1.93. The lowest BCUT2D eigenvalue weighted by Gasteiger charge is -2.57. The number of benzene rings is 4. The number of hydrogen-bond donors (Lipinski definition) is 3. The molecule has 0 radical (unpaired) electrons. The highest BCUT2D eigenvalue weighted by Crippen LogP contribution is 2.63. The average molecular weight is 588 g/mol. The first-order chi connectivity index (χ1) is 20.7. The molecular weight excluding hydrogens is 555 g/mol. The van der Waals surface area contributed by atoms with Gasteiger partial charge >= 0.3 is 0 Å². The summed E-state index contributed by atoms with van der Waals surface area (Å²) in [5, 5.41) is 0. The van der Waals surface area contributed by atoms with Crippen LogP contribution >= 0.6 is 0 Å². The molecule has 6 nitrogen and oxygen atoms in total. The highest BCUT2D eigenvalue weighted by Gasteiger charge is 2.53. The van der Waals surface area contributed by atoms with Gasteiger partial charge in [-0.1, -0.05) is 6.07 Å². The van der Waals surface area contributed by atoms with Gasteiger partial charge in [0.1, 0.15) is 34.7 Å². The maximum absolute atomic E-state index is 14.1. The molecule has 0 saturated heterocycles. The van der Waals surface area contributed by atoms with Crippen LogP contribution in [0.4, 0.5) is 30.2 Å². The summed E-state index contributed by atoms with van der Waals surface area (Å²) < 4.78 is 61.4. The molecule has 4 aromatic rings. The van der Waals surface area contributed by atoms with Crippen molar-refractivity contribution in [3.63, 3.8) is 0 Å². The van der Waals surface area contributed by atoms with Crippen molar-refractivity contribution >= 4 is 17.1 Å². The fraction of sp³-hybridized carbons (Fsp3) is 0.294. The highest BCUT2D eigenvalue weighted by atomic mass is 19.1.